The number of halogens is 1. The number of rotatable bonds is 4. The van der Waals surface area contributed by atoms with Crippen molar-refractivity contribution in [1.29, 1.82) is 0 Å². The van der Waals surface area contributed by atoms with Crippen LogP contribution in [-0.4, -0.2) is 20.2 Å². The fourth-order valence-corrected chi connectivity index (χ4v) is 2.94. The van der Waals surface area contributed by atoms with E-state index in [9.17, 15) is 0 Å². The van der Waals surface area contributed by atoms with Crippen LogP contribution < -0.4 is 0 Å². The van der Waals surface area contributed by atoms with Crippen LogP contribution in [-0.2, 0) is 6.54 Å². The van der Waals surface area contributed by atoms with E-state index in [-0.39, 0.29) is 5.38 Å². The van der Waals surface area contributed by atoms with Gasteiger partial charge in [-0.2, -0.15) is 0 Å². The lowest BCUT2D eigenvalue weighted by atomic mass is 9.81. The van der Waals surface area contributed by atoms with E-state index >= 15 is 0 Å². The van der Waals surface area contributed by atoms with Gasteiger partial charge in [0, 0.05) is 6.54 Å². The summed E-state index contributed by atoms with van der Waals surface area (Å²) in [7, 11) is 0. The normalized spacial score (nSPS) is 27.0. The summed E-state index contributed by atoms with van der Waals surface area (Å²) >= 11 is 6.03. The molecular weight excluding hydrogens is 236 g/mol. The van der Waals surface area contributed by atoms with Crippen molar-refractivity contribution in [2.45, 2.75) is 57.9 Å². The minimum Gasteiger partial charge on any atom is -0.228 e. The molecule has 0 saturated heterocycles. The highest BCUT2D eigenvalue weighted by Gasteiger charge is 2.20. The summed E-state index contributed by atoms with van der Waals surface area (Å²) in [6.07, 6.45) is 6.66. The highest BCUT2D eigenvalue weighted by atomic mass is 35.5. The van der Waals surface area contributed by atoms with Gasteiger partial charge in [-0.15, -0.1) is 16.7 Å². The molecule has 0 aromatic carbocycles. The average molecular weight is 257 g/mol. The molecule has 3 atom stereocenters. The quantitative estimate of drug-likeness (QED) is 0.777. The fourth-order valence-electron chi connectivity index (χ4n) is 2.78. The lowest BCUT2D eigenvalue weighted by molar-refractivity contribution is 0.257. The first-order valence-corrected chi connectivity index (χ1v) is 7.00. The predicted molar refractivity (Wildman–Crippen MR) is 67.8 cm³/mol. The van der Waals surface area contributed by atoms with Gasteiger partial charge in [0.05, 0.1) is 5.38 Å². The van der Waals surface area contributed by atoms with Crippen molar-refractivity contribution < 1.29 is 0 Å². The minimum atomic E-state index is -0.115. The van der Waals surface area contributed by atoms with Crippen molar-refractivity contribution in [3.63, 3.8) is 0 Å². The monoisotopic (exact) mass is 256 g/mol. The van der Waals surface area contributed by atoms with Crippen molar-refractivity contribution in [2.24, 2.45) is 11.8 Å². The van der Waals surface area contributed by atoms with Gasteiger partial charge in [0.2, 0.25) is 0 Å². The van der Waals surface area contributed by atoms with E-state index in [1.54, 1.807) is 0 Å². The maximum Gasteiger partial charge on any atom is 0.168 e. The maximum absolute atomic E-state index is 6.03. The molecule has 1 aromatic rings. The van der Waals surface area contributed by atoms with Crippen molar-refractivity contribution >= 4 is 11.6 Å². The highest BCUT2D eigenvalue weighted by Crippen LogP contribution is 2.31. The molecule has 5 heteroatoms. The van der Waals surface area contributed by atoms with Crippen molar-refractivity contribution in [3.8, 4) is 0 Å². The third-order valence-corrected chi connectivity index (χ3v) is 3.90. The number of aryl methyl sites for hydroxylation is 1. The number of nitrogens with zero attached hydrogens (tertiary/aromatic N) is 4. The van der Waals surface area contributed by atoms with Crippen LogP contribution in [0.1, 0.15) is 57.2 Å². The molecule has 1 fully saturated rings. The first-order chi connectivity index (χ1) is 8.16. The molecule has 2 rings (SSSR count). The predicted octanol–water partition coefficient (Wildman–Crippen LogP) is 3.19. The second-order valence-electron chi connectivity index (χ2n) is 5.30. The van der Waals surface area contributed by atoms with Gasteiger partial charge < -0.3 is 0 Å². The Labute approximate surface area is 108 Å². The lowest BCUT2D eigenvalue weighted by Crippen LogP contribution is -2.16. The highest BCUT2D eigenvalue weighted by molar-refractivity contribution is 6.20. The molecule has 4 nitrogen and oxygen atoms in total. The molecule has 17 heavy (non-hydrogen) atoms. The van der Waals surface area contributed by atoms with Gasteiger partial charge in [-0.05, 0) is 42.0 Å². The molecule has 1 aliphatic carbocycles. The number of tetrazole rings is 1. The second kappa shape index (κ2) is 5.80. The fraction of sp³-hybridized carbons (Fsp3) is 0.917. The van der Waals surface area contributed by atoms with Crippen molar-refractivity contribution in [3.05, 3.63) is 5.82 Å². The number of hydrogen-bond donors (Lipinski definition) is 0. The third kappa shape index (κ3) is 3.41. The van der Waals surface area contributed by atoms with Crippen LogP contribution >= 0.6 is 11.6 Å². The zero-order valence-electron chi connectivity index (χ0n) is 10.6. The van der Waals surface area contributed by atoms with Gasteiger partial charge >= 0.3 is 0 Å². The van der Waals surface area contributed by atoms with Crippen LogP contribution in [0.2, 0.25) is 0 Å². The molecule has 0 spiro atoms. The molecule has 1 heterocycles. The van der Waals surface area contributed by atoms with Crippen LogP contribution in [0.4, 0.5) is 0 Å². The molecule has 96 valence electrons. The van der Waals surface area contributed by atoms with Gasteiger partial charge in [-0.1, -0.05) is 26.2 Å². The van der Waals surface area contributed by atoms with E-state index in [2.05, 4.69) is 22.4 Å². The molecule has 1 saturated carbocycles. The summed E-state index contributed by atoms with van der Waals surface area (Å²) in [5.74, 6) is 2.51. The smallest absolute Gasteiger partial charge is 0.168 e. The minimum absolute atomic E-state index is 0.115. The van der Waals surface area contributed by atoms with Gasteiger partial charge in [0.15, 0.2) is 5.82 Å². The first-order valence-electron chi connectivity index (χ1n) is 6.57. The van der Waals surface area contributed by atoms with Gasteiger partial charge in [-0.3, -0.25) is 0 Å². The standard InChI is InChI=1S/C12H21ClN4/c1-9-4-3-5-11(8-9)6-7-17-12(10(2)13)14-15-16-17/h9-11H,3-8H2,1-2H3. The molecule has 0 bridgehead atoms. The number of hydrogen-bond acceptors (Lipinski definition) is 3. The van der Waals surface area contributed by atoms with Gasteiger partial charge in [0.25, 0.3) is 0 Å². The zero-order chi connectivity index (χ0) is 12.3. The molecule has 0 radical (unpaired) electrons. The van der Waals surface area contributed by atoms with Gasteiger partial charge in [0.1, 0.15) is 0 Å². The summed E-state index contributed by atoms with van der Waals surface area (Å²) in [4.78, 5) is 0. The Bertz CT molecular complexity index is 350. The zero-order valence-corrected chi connectivity index (χ0v) is 11.4. The largest absolute Gasteiger partial charge is 0.228 e. The Kier molecular flexibility index (Phi) is 4.37. The maximum atomic E-state index is 6.03. The Morgan fingerprint density at radius 3 is 3.00 bits per heavy atom. The Balaban J connectivity index is 1.86. The van der Waals surface area contributed by atoms with E-state index in [0.29, 0.717) is 0 Å². The third-order valence-electron chi connectivity index (χ3n) is 3.71. The van der Waals surface area contributed by atoms with E-state index in [1.807, 2.05) is 11.6 Å². The van der Waals surface area contributed by atoms with Crippen molar-refractivity contribution in [1.82, 2.24) is 20.2 Å². The van der Waals surface area contributed by atoms with Crippen LogP contribution in [0.15, 0.2) is 0 Å². The number of alkyl halides is 1. The Morgan fingerprint density at radius 1 is 1.47 bits per heavy atom. The topological polar surface area (TPSA) is 43.6 Å². The van der Waals surface area contributed by atoms with E-state index < -0.39 is 0 Å². The summed E-state index contributed by atoms with van der Waals surface area (Å²) in [6, 6.07) is 0. The number of aromatic nitrogens is 4. The van der Waals surface area contributed by atoms with Crippen LogP contribution in [0.3, 0.4) is 0 Å². The molecule has 3 unspecified atom stereocenters. The van der Waals surface area contributed by atoms with Crippen molar-refractivity contribution in [2.75, 3.05) is 0 Å². The van der Waals surface area contributed by atoms with Crippen LogP contribution in [0.25, 0.3) is 0 Å². The molecule has 0 N–H and O–H groups in total. The average Bonchev–Trinajstić information content (AvgIpc) is 2.74. The summed E-state index contributed by atoms with van der Waals surface area (Å²) < 4.78 is 1.86. The van der Waals surface area contributed by atoms with E-state index in [1.165, 1.54) is 32.1 Å². The van der Waals surface area contributed by atoms with Crippen LogP contribution in [0, 0.1) is 11.8 Å². The van der Waals surface area contributed by atoms with Gasteiger partial charge in [-0.25, -0.2) is 4.68 Å². The van der Waals surface area contributed by atoms with E-state index in [0.717, 1.165) is 24.2 Å². The van der Waals surface area contributed by atoms with E-state index in [4.69, 9.17) is 11.6 Å². The lowest BCUT2D eigenvalue weighted by Gasteiger charge is -2.26. The second-order valence-corrected chi connectivity index (χ2v) is 5.96. The molecule has 1 aromatic heterocycles. The first kappa shape index (κ1) is 12.8. The summed E-state index contributed by atoms with van der Waals surface area (Å²) in [6.45, 7) is 5.17. The molecular formula is C12H21ClN4. The summed E-state index contributed by atoms with van der Waals surface area (Å²) in [5, 5.41) is 11.6. The molecule has 0 amide bonds. The Morgan fingerprint density at radius 2 is 2.29 bits per heavy atom. The molecule has 0 aliphatic heterocycles. The molecule has 1 aliphatic rings. The van der Waals surface area contributed by atoms with Crippen LogP contribution in [0.5, 0.6) is 0 Å². The Hall–Kier alpha value is -0.640. The SMILES string of the molecule is CC1CCCC(CCn2nnnc2C(C)Cl)C1. The summed E-state index contributed by atoms with van der Waals surface area (Å²) in [5.41, 5.74) is 0.